The van der Waals surface area contributed by atoms with Crippen molar-refractivity contribution in [3.05, 3.63) is 18.0 Å². The Morgan fingerprint density at radius 2 is 2.28 bits per heavy atom. The second-order valence-corrected chi connectivity index (χ2v) is 5.93. The van der Waals surface area contributed by atoms with Crippen LogP contribution >= 0.6 is 0 Å². The van der Waals surface area contributed by atoms with Gasteiger partial charge in [-0.25, -0.2) is 12.7 Å². The first-order valence-corrected chi connectivity index (χ1v) is 7.14. The second-order valence-electron chi connectivity index (χ2n) is 3.73. The Morgan fingerprint density at radius 1 is 1.56 bits per heavy atom. The summed E-state index contributed by atoms with van der Waals surface area (Å²) in [5.41, 5.74) is 0.761. The highest BCUT2D eigenvalue weighted by molar-refractivity contribution is 7.89. The van der Waals surface area contributed by atoms with Crippen molar-refractivity contribution in [2.24, 2.45) is 0 Å². The predicted molar refractivity (Wildman–Crippen MR) is 65.1 cm³/mol. The SMILES string of the molecule is CCOC(=O)CCS(=O)(=O)N(C)Cc1cn[nH]c1. The monoisotopic (exact) mass is 275 g/mol. The molecule has 7 nitrogen and oxygen atoms in total. The van der Waals surface area contributed by atoms with Gasteiger partial charge in [0.25, 0.3) is 0 Å². The van der Waals surface area contributed by atoms with E-state index in [1.165, 1.54) is 11.4 Å². The lowest BCUT2D eigenvalue weighted by Crippen LogP contribution is -2.29. The van der Waals surface area contributed by atoms with Crippen LogP contribution in [0.4, 0.5) is 0 Å². The zero-order chi connectivity index (χ0) is 13.6. The number of hydrogen-bond donors (Lipinski definition) is 1. The Kier molecular flexibility index (Phi) is 5.29. The van der Waals surface area contributed by atoms with E-state index in [9.17, 15) is 13.2 Å². The molecule has 0 amide bonds. The highest BCUT2D eigenvalue weighted by Gasteiger charge is 2.20. The first-order chi connectivity index (χ1) is 8.45. The van der Waals surface area contributed by atoms with Gasteiger partial charge in [-0.2, -0.15) is 5.10 Å². The summed E-state index contributed by atoms with van der Waals surface area (Å²) in [6, 6.07) is 0. The van der Waals surface area contributed by atoms with E-state index in [1.807, 2.05) is 0 Å². The molecular weight excluding hydrogens is 258 g/mol. The van der Waals surface area contributed by atoms with Crippen LogP contribution in [0, 0.1) is 0 Å². The van der Waals surface area contributed by atoms with Crippen molar-refractivity contribution in [2.45, 2.75) is 19.9 Å². The summed E-state index contributed by atoms with van der Waals surface area (Å²) in [6.45, 7) is 2.16. The van der Waals surface area contributed by atoms with Crippen LogP contribution < -0.4 is 0 Å². The zero-order valence-electron chi connectivity index (χ0n) is 10.4. The minimum Gasteiger partial charge on any atom is -0.466 e. The molecule has 0 aromatic carbocycles. The number of ether oxygens (including phenoxy) is 1. The Morgan fingerprint density at radius 3 is 2.83 bits per heavy atom. The average molecular weight is 275 g/mol. The molecule has 102 valence electrons. The second kappa shape index (κ2) is 6.50. The fraction of sp³-hybridized carbons (Fsp3) is 0.600. The lowest BCUT2D eigenvalue weighted by molar-refractivity contribution is -0.142. The molecule has 1 N–H and O–H groups in total. The lowest BCUT2D eigenvalue weighted by Gasteiger charge is -2.15. The number of H-pyrrole nitrogens is 1. The number of nitrogens with one attached hydrogen (secondary N) is 1. The number of carbonyl (C=O) groups is 1. The van der Waals surface area contributed by atoms with Crippen LogP contribution in [0.15, 0.2) is 12.4 Å². The van der Waals surface area contributed by atoms with E-state index < -0.39 is 16.0 Å². The molecule has 0 saturated carbocycles. The van der Waals surface area contributed by atoms with Crippen LogP contribution in [-0.2, 0) is 26.1 Å². The third kappa shape index (κ3) is 4.46. The van der Waals surface area contributed by atoms with E-state index in [0.29, 0.717) is 0 Å². The molecule has 1 heterocycles. The molecule has 0 radical (unpaired) electrons. The van der Waals surface area contributed by atoms with Crippen LogP contribution in [0.2, 0.25) is 0 Å². The Bertz CT molecular complexity index is 469. The fourth-order valence-corrected chi connectivity index (χ4v) is 2.40. The average Bonchev–Trinajstić information content (AvgIpc) is 2.80. The van der Waals surface area contributed by atoms with Gasteiger partial charge in [0, 0.05) is 25.4 Å². The highest BCUT2D eigenvalue weighted by Crippen LogP contribution is 2.07. The van der Waals surface area contributed by atoms with Crippen LogP contribution in [0.1, 0.15) is 18.9 Å². The lowest BCUT2D eigenvalue weighted by atomic mass is 10.4. The molecule has 0 spiro atoms. The standard InChI is InChI=1S/C10H17N3O4S/c1-3-17-10(14)4-5-18(15,16)13(2)8-9-6-11-12-7-9/h6-7H,3-5,8H2,1-2H3,(H,11,12). The van der Waals surface area contributed by atoms with Crippen molar-refractivity contribution in [3.63, 3.8) is 0 Å². The van der Waals surface area contributed by atoms with Gasteiger partial charge in [0.2, 0.25) is 10.0 Å². The maximum absolute atomic E-state index is 11.9. The molecule has 1 rings (SSSR count). The predicted octanol–water partition coefficient (Wildman–Crippen LogP) is 0.124. The van der Waals surface area contributed by atoms with E-state index in [0.717, 1.165) is 5.56 Å². The molecule has 18 heavy (non-hydrogen) atoms. The van der Waals surface area contributed by atoms with Crippen LogP contribution in [0.5, 0.6) is 0 Å². The highest BCUT2D eigenvalue weighted by atomic mass is 32.2. The van der Waals surface area contributed by atoms with Crippen molar-refractivity contribution in [3.8, 4) is 0 Å². The molecule has 1 aromatic heterocycles. The summed E-state index contributed by atoms with van der Waals surface area (Å²) in [7, 11) is -1.99. The van der Waals surface area contributed by atoms with Crippen molar-refractivity contribution >= 4 is 16.0 Å². The molecule has 0 aliphatic heterocycles. The number of sulfonamides is 1. The molecular formula is C10H17N3O4S. The number of esters is 1. The number of nitrogens with zero attached hydrogens (tertiary/aromatic N) is 2. The number of carbonyl (C=O) groups excluding carboxylic acids is 1. The van der Waals surface area contributed by atoms with E-state index >= 15 is 0 Å². The summed E-state index contributed by atoms with van der Waals surface area (Å²) in [5.74, 6) is -0.752. The summed E-state index contributed by atoms with van der Waals surface area (Å²) in [5, 5.41) is 6.34. The molecule has 1 aromatic rings. The van der Waals surface area contributed by atoms with Gasteiger partial charge in [-0.15, -0.1) is 0 Å². The normalized spacial score (nSPS) is 11.7. The van der Waals surface area contributed by atoms with Crippen LogP contribution in [0.25, 0.3) is 0 Å². The van der Waals surface area contributed by atoms with Gasteiger partial charge >= 0.3 is 5.97 Å². The minimum atomic E-state index is -3.46. The first-order valence-electron chi connectivity index (χ1n) is 5.53. The Balaban J connectivity index is 2.50. The van der Waals surface area contributed by atoms with E-state index in [2.05, 4.69) is 14.9 Å². The fourth-order valence-electron chi connectivity index (χ4n) is 1.32. The van der Waals surface area contributed by atoms with Gasteiger partial charge in [0.15, 0.2) is 0 Å². The summed E-state index contributed by atoms with van der Waals surface area (Å²) >= 11 is 0. The Labute approximate surface area is 106 Å². The van der Waals surface area contributed by atoms with Crippen LogP contribution in [-0.4, -0.2) is 48.3 Å². The van der Waals surface area contributed by atoms with Gasteiger partial charge < -0.3 is 4.74 Å². The van der Waals surface area contributed by atoms with Gasteiger partial charge in [0.1, 0.15) is 0 Å². The van der Waals surface area contributed by atoms with E-state index in [1.54, 1.807) is 19.3 Å². The van der Waals surface area contributed by atoms with Gasteiger partial charge in [-0.1, -0.05) is 0 Å². The topological polar surface area (TPSA) is 92.4 Å². The molecule has 0 atom stereocenters. The third-order valence-corrected chi connectivity index (χ3v) is 4.10. The molecule has 0 unspecified atom stereocenters. The number of aromatic nitrogens is 2. The number of hydrogen-bond acceptors (Lipinski definition) is 5. The van der Waals surface area contributed by atoms with Crippen molar-refractivity contribution < 1.29 is 17.9 Å². The summed E-state index contributed by atoms with van der Waals surface area (Å²) < 4.78 is 29.6. The molecule has 0 aliphatic carbocycles. The maximum Gasteiger partial charge on any atom is 0.306 e. The smallest absolute Gasteiger partial charge is 0.306 e. The van der Waals surface area contributed by atoms with E-state index in [-0.39, 0.29) is 25.3 Å². The number of rotatable bonds is 7. The van der Waals surface area contributed by atoms with Gasteiger partial charge in [-0.3, -0.25) is 9.89 Å². The maximum atomic E-state index is 11.9. The molecule has 8 heteroatoms. The molecule has 0 fully saturated rings. The Hall–Kier alpha value is -1.41. The third-order valence-electron chi connectivity index (χ3n) is 2.30. The molecule has 0 aliphatic rings. The van der Waals surface area contributed by atoms with Crippen molar-refractivity contribution in [1.29, 1.82) is 0 Å². The zero-order valence-corrected chi connectivity index (χ0v) is 11.2. The minimum absolute atomic E-state index is 0.133. The quantitative estimate of drug-likeness (QED) is 0.714. The first kappa shape index (κ1) is 14.7. The van der Waals surface area contributed by atoms with Gasteiger partial charge in [-0.05, 0) is 6.92 Å². The van der Waals surface area contributed by atoms with E-state index in [4.69, 9.17) is 0 Å². The van der Waals surface area contributed by atoms with Crippen molar-refractivity contribution in [1.82, 2.24) is 14.5 Å². The van der Waals surface area contributed by atoms with Crippen LogP contribution in [0.3, 0.4) is 0 Å². The van der Waals surface area contributed by atoms with Crippen molar-refractivity contribution in [2.75, 3.05) is 19.4 Å². The molecule has 0 bridgehead atoms. The number of aromatic amines is 1. The largest absolute Gasteiger partial charge is 0.466 e. The summed E-state index contributed by atoms with van der Waals surface area (Å²) in [6.07, 6.45) is 3.04. The summed E-state index contributed by atoms with van der Waals surface area (Å²) in [4.78, 5) is 11.1. The molecule has 0 saturated heterocycles. The van der Waals surface area contributed by atoms with Gasteiger partial charge in [0.05, 0.1) is 25.0 Å².